The van der Waals surface area contributed by atoms with Gasteiger partial charge in [-0.1, -0.05) is 60.7 Å². The SMILES string of the molecule is C=CCCOC(=O)[C@@H]1[C@@H]2CCC3(O2)C(C(=O)N(CC=C)c2c(C)cccc2C)N([C@H](CO)c2ccccc2)C(=O)[C@H]13. The molecule has 2 bridgehead atoms. The third kappa shape index (κ3) is 4.69. The molecule has 2 unspecified atom stereocenters. The first-order valence-electron chi connectivity index (χ1n) is 14.2. The maximum absolute atomic E-state index is 14.9. The average Bonchev–Trinajstić information content (AvgIpc) is 3.61. The highest BCUT2D eigenvalue weighted by molar-refractivity contribution is 6.05. The zero-order valence-electron chi connectivity index (χ0n) is 23.7. The number of ether oxygens (including phenoxy) is 2. The van der Waals surface area contributed by atoms with E-state index in [1.54, 1.807) is 17.1 Å². The summed E-state index contributed by atoms with van der Waals surface area (Å²) in [5.74, 6) is -2.92. The summed E-state index contributed by atoms with van der Waals surface area (Å²) in [7, 11) is 0. The molecule has 1 N–H and O–H groups in total. The van der Waals surface area contributed by atoms with E-state index in [4.69, 9.17) is 9.47 Å². The number of aryl methyl sites for hydroxylation is 2. The second-order valence-electron chi connectivity index (χ2n) is 11.1. The first-order chi connectivity index (χ1) is 19.8. The number of carbonyl (C=O) groups is 3. The summed E-state index contributed by atoms with van der Waals surface area (Å²) in [6, 6.07) is 13.1. The molecule has 1 spiro atoms. The number of likely N-dealkylation sites (tertiary alicyclic amines) is 1. The van der Waals surface area contributed by atoms with Gasteiger partial charge in [0.1, 0.15) is 11.6 Å². The number of esters is 1. The van der Waals surface area contributed by atoms with Gasteiger partial charge in [-0.05, 0) is 49.8 Å². The number of fused-ring (bicyclic) bond motifs is 1. The minimum atomic E-state index is -1.22. The maximum atomic E-state index is 14.9. The molecule has 2 aromatic rings. The van der Waals surface area contributed by atoms with Crippen LogP contribution in [0.2, 0.25) is 0 Å². The van der Waals surface area contributed by atoms with Crippen LogP contribution in [0, 0.1) is 25.7 Å². The lowest BCUT2D eigenvalue weighted by molar-refractivity contribution is -0.155. The van der Waals surface area contributed by atoms with Crippen molar-refractivity contribution in [1.82, 2.24) is 4.90 Å². The Balaban J connectivity index is 1.64. The van der Waals surface area contributed by atoms with Crippen LogP contribution in [0.25, 0.3) is 0 Å². The van der Waals surface area contributed by atoms with E-state index >= 15 is 0 Å². The zero-order valence-corrected chi connectivity index (χ0v) is 23.7. The van der Waals surface area contributed by atoms with Crippen molar-refractivity contribution in [3.8, 4) is 0 Å². The number of benzene rings is 2. The summed E-state index contributed by atoms with van der Waals surface area (Å²) in [6.45, 7) is 11.4. The van der Waals surface area contributed by atoms with Crippen molar-refractivity contribution < 1.29 is 29.0 Å². The quantitative estimate of drug-likeness (QED) is 0.254. The summed E-state index contributed by atoms with van der Waals surface area (Å²) in [6.07, 6.45) is 4.27. The van der Waals surface area contributed by atoms with E-state index in [2.05, 4.69) is 13.2 Å². The van der Waals surface area contributed by atoms with Crippen molar-refractivity contribution in [1.29, 1.82) is 0 Å². The normalized spacial score (nSPS) is 26.9. The van der Waals surface area contributed by atoms with Gasteiger partial charge in [0, 0.05) is 12.2 Å². The number of nitrogens with zero attached hydrogens (tertiary/aromatic N) is 2. The molecular weight excluding hydrogens is 520 g/mol. The highest BCUT2D eigenvalue weighted by Crippen LogP contribution is 2.60. The number of rotatable bonds is 11. The van der Waals surface area contributed by atoms with Gasteiger partial charge in [0.25, 0.3) is 5.91 Å². The van der Waals surface area contributed by atoms with Crippen LogP contribution in [0.4, 0.5) is 5.69 Å². The fourth-order valence-corrected chi connectivity index (χ4v) is 7.14. The number of amides is 2. The first kappa shape index (κ1) is 28.8. The van der Waals surface area contributed by atoms with E-state index in [1.807, 2.05) is 62.4 Å². The molecule has 2 amide bonds. The minimum absolute atomic E-state index is 0.161. The van der Waals surface area contributed by atoms with Gasteiger partial charge < -0.3 is 24.4 Å². The number of anilines is 1. The predicted octanol–water partition coefficient (Wildman–Crippen LogP) is 4.05. The fourth-order valence-electron chi connectivity index (χ4n) is 7.14. The molecule has 3 aliphatic rings. The van der Waals surface area contributed by atoms with E-state index in [9.17, 15) is 19.5 Å². The smallest absolute Gasteiger partial charge is 0.312 e. The zero-order chi connectivity index (χ0) is 29.3. The third-order valence-corrected chi connectivity index (χ3v) is 8.79. The van der Waals surface area contributed by atoms with Gasteiger partial charge >= 0.3 is 5.97 Å². The molecule has 0 radical (unpaired) electrons. The molecule has 8 nitrogen and oxygen atoms in total. The van der Waals surface area contributed by atoms with Crippen molar-refractivity contribution in [2.45, 2.75) is 56.9 Å². The molecule has 0 saturated carbocycles. The molecule has 3 heterocycles. The molecule has 3 saturated heterocycles. The number of aliphatic hydroxyl groups is 1. The van der Waals surface area contributed by atoms with Crippen molar-refractivity contribution in [2.24, 2.45) is 11.8 Å². The Bertz CT molecular complexity index is 1320. The van der Waals surface area contributed by atoms with Crippen molar-refractivity contribution >= 4 is 23.5 Å². The monoisotopic (exact) mass is 558 g/mol. The lowest BCUT2D eigenvalue weighted by atomic mass is 9.70. The molecule has 8 heteroatoms. The molecule has 3 aliphatic heterocycles. The average molecular weight is 559 g/mol. The van der Waals surface area contributed by atoms with E-state index in [-0.39, 0.29) is 25.0 Å². The molecule has 0 aromatic heterocycles. The molecule has 2 aromatic carbocycles. The number of hydrogen-bond acceptors (Lipinski definition) is 6. The van der Waals surface area contributed by atoms with Crippen LogP contribution >= 0.6 is 0 Å². The van der Waals surface area contributed by atoms with Gasteiger partial charge in [-0.15, -0.1) is 13.2 Å². The highest BCUT2D eigenvalue weighted by atomic mass is 16.6. The van der Waals surface area contributed by atoms with Gasteiger partial charge in [-0.3, -0.25) is 14.4 Å². The second-order valence-corrected chi connectivity index (χ2v) is 11.1. The lowest BCUT2D eigenvalue weighted by Gasteiger charge is -2.40. The highest BCUT2D eigenvalue weighted by Gasteiger charge is 2.75. The summed E-state index contributed by atoms with van der Waals surface area (Å²) in [5, 5.41) is 10.7. The Morgan fingerprint density at radius 2 is 1.85 bits per heavy atom. The molecule has 216 valence electrons. The van der Waals surface area contributed by atoms with Crippen LogP contribution in [0.1, 0.15) is 42.0 Å². The molecule has 5 rings (SSSR count). The molecule has 0 aliphatic carbocycles. The minimum Gasteiger partial charge on any atom is -0.465 e. The topological polar surface area (TPSA) is 96.4 Å². The van der Waals surface area contributed by atoms with Gasteiger partial charge in [-0.2, -0.15) is 0 Å². The Morgan fingerprint density at radius 1 is 1.15 bits per heavy atom. The van der Waals surface area contributed by atoms with Crippen LogP contribution in [-0.4, -0.2) is 65.3 Å². The van der Waals surface area contributed by atoms with Gasteiger partial charge in [0.2, 0.25) is 5.91 Å². The van der Waals surface area contributed by atoms with Crippen LogP contribution in [0.15, 0.2) is 73.8 Å². The Morgan fingerprint density at radius 3 is 2.49 bits per heavy atom. The van der Waals surface area contributed by atoms with Gasteiger partial charge in [-0.25, -0.2) is 0 Å². The standard InChI is InChI=1S/C33H38N2O6/c1-5-7-19-40-32(39)26-25-16-17-33(41-25)27(26)30(37)35(24(20-36)23-14-9-8-10-15-23)29(33)31(38)34(18-6-2)28-21(3)12-11-13-22(28)4/h5-6,8-15,24-27,29,36H,1-2,7,16-20H2,3-4H3/t24-,25+,26-,27+,29?,33?/m1/s1. The fraction of sp³-hybridized carbons (Fsp3) is 0.424. The maximum Gasteiger partial charge on any atom is 0.312 e. The third-order valence-electron chi connectivity index (χ3n) is 8.79. The van der Waals surface area contributed by atoms with Crippen LogP contribution in [0.5, 0.6) is 0 Å². The Kier molecular flexibility index (Phi) is 8.16. The van der Waals surface area contributed by atoms with Crippen molar-refractivity contribution in [2.75, 3.05) is 24.7 Å². The summed E-state index contributed by atoms with van der Waals surface area (Å²) in [5.41, 5.74) is 2.04. The van der Waals surface area contributed by atoms with Crippen LogP contribution in [0.3, 0.4) is 0 Å². The predicted molar refractivity (Wildman–Crippen MR) is 155 cm³/mol. The van der Waals surface area contributed by atoms with Crippen molar-refractivity contribution in [3.63, 3.8) is 0 Å². The summed E-state index contributed by atoms with van der Waals surface area (Å²) in [4.78, 5) is 45.8. The van der Waals surface area contributed by atoms with Crippen LogP contribution in [-0.2, 0) is 23.9 Å². The van der Waals surface area contributed by atoms with E-state index in [0.29, 0.717) is 24.8 Å². The number of hydrogen-bond donors (Lipinski definition) is 1. The van der Waals surface area contributed by atoms with Crippen LogP contribution < -0.4 is 4.90 Å². The lowest BCUT2D eigenvalue weighted by Crippen LogP contribution is -2.57. The first-order valence-corrected chi connectivity index (χ1v) is 14.2. The Labute approximate surface area is 241 Å². The van der Waals surface area contributed by atoms with E-state index in [0.717, 1.165) is 16.8 Å². The number of aliphatic hydroxyl groups excluding tert-OH is 1. The van der Waals surface area contributed by atoms with Crippen molar-refractivity contribution in [3.05, 3.63) is 90.5 Å². The Hall–Kier alpha value is -3.75. The summed E-state index contributed by atoms with van der Waals surface area (Å²) < 4.78 is 12.1. The summed E-state index contributed by atoms with van der Waals surface area (Å²) >= 11 is 0. The second kappa shape index (κ2) is 11.6. The van der Waals surface area contributed by atoms with Gasteiger partial charge in [0.05, 0.1) is 37.2 Å². The largest absolute Gasteiger partial charge is 0.465 e. The molecular formula is C33H38N2O6. The molecule has 3 fully saturated rings. The van der Waals surface area contributed by atoms with E-state index in [1.165, 1.54) is 4.90 Å². The molecule has 6 atom stereocenters. The molecule has 41 heavy (non-hydrogen) atoms. The number of carbonyl (C=O) groups excluding carboxylic acids is 3. The van der Waals surface area contributed by atoms with Gasteiger partial charge in [0.15, 0.2) is 0 Å². The number of para-hydroxylation sites is 1. The van der Waals surface area contributed by atoms with E-state index < -0.39 is 48.2 Å².